The third kappa shape index (κ3) is 5.95. The fraction of sp³-hybridized carbons (Fsp3) is 0.304. The zero-order valence-electron chi connectivity index (χ0n) is 17.9. The Morgan fingerprint density at radius 3 is 2.50 bits per heavy atom. The van der Waals surface area contributed by atoms with Gasteiger partial charge in [-0.3, -0.25) is 4.79 Å². The van der Waals surface area contributed by atoms with Gasteiger partial charge in [-0.05, 0) is 49.2 Å². The molecule has 170 valence electrons. The van der Waals surface area contributed by atoms with Gasteiger partial charge >= 0.3 is 11.6 Å². The first-order valence-corrected chi connectivity index (χ1v) is 11.7. The van der Waals surface area contributed by atoms with Crippen molar-refractivity contribution in [2.24, 2.45) is 0 Å². The van der Waals surface area contributed by atoms with E-state index in [4.69, 9.17) is 13.9 Å². The number of nitrogens with one attached hydrogen (secondary N) is 1. The van der Waals surface area contributed by atoms with E-state index in [9.17, 15) is 18.0 Å². The molecular formula is C23H25NO7S. The number of aryl methyl sites for hydroxylation is 1. The van der Waals surface area contributed by atoms with Crippen LogP contribution >= 0.6 is 0 Å². The predicted molar refractivity (Wildman–Crippen MR) is 119 cm³/mol. The van der Waals surface area contributed by atoms with Gasteiger partial charge in [-0.2, -0.15) is 0 Å². The van der Waals surface area contributed by atoms with Crippen molar-refractivity contribution in [2.45, 2.75) is 38.2 Å². The van der Waals surface area contributed by atoms with Gasteiger partial charge < -0.3 is 13.9 Å². The van der Waals surface area contributed by atoms with Crippen molar-refractivity contribution in [1.29, 1.82) is 0 Å². The summed E-state index contributed by atoms with van der Waals surface area (Å²) in [5.74, 6) is -0.0191. The molecule has 0 amide bonds. The third-order valence-electron chi connectivity index (χ3n) is 4.76. The Labute approximate surface area is 186 Å². The summed E-state index contributed by atoms with van der Waals surface area (Å²) in [5, 5.41) is 0.686. The van der Waals surface area contributed by atoms with Gasteiger partial charge in [0.05, 0.1) is 17.9 Å². The first kappa shape index (κ1) is 23.5. The van der Waals surface area contributed by atoms with Crippen molar-refractivity contribution >= 4 is 27.0 Å². The number of hydrogen-bond acceptors (Lipinski definition) is 7. The van der Waals surface area contributed by atoms with Crippen LogP contribution in [0.2, 0.25) is 0 Å². The second-order valence-corrected chi connectivity index (χ2v) is 8.75. The topological polar surface area (TPSA) is 112 Å². The Morgan fingerprint density at radius 2 is 1.81 bits per heavy atom. The van der Waals surface area contributed by atoms with Gasteiger partial charge in [0.1, 0.15) is 17.9 Å². The Kier molecular flexibility index (Phi) is 7.66. The maximum Gasteiger partial charge on any atom is 0.336 e. The van der Waals surface area contributed by atoms with E-state index in [1.807, 2.05) is 26.0 Å². The summed E-state index contributed by atoms with van der Waals surface area (Å²) in [6, 6.07) is 12.8. The maximum atomic E-state index is 12.3. The van der Waals surface area contributed by atoms with Crippen molar-refractivity contribution in [2.75, 3.05) is 13.2 Å². The van der Waals surface area contributed by atoms with Crippen molar-refractivity contribution in [3.05, 3.63) is 70.1 Å². The van der Waals surface area contributed by atoms with Gasteiger partial charge in [-0.15, -0.1) is 0 Å². The molecule has 0 unspecified atom stereocenters. The smallest absolute Gasteiger partial charge is 0.336 e. The molecule has 1 heterocycles. The van der Waals surface area contributed by atoms with Crippen LogP contribution in [-0.2, 0) is 32.6 Å². The molecule has 1 aromatic heterocycles. The van der Waals surface area contributed by atoms with Crippen LogP contribution in [0.4, 0.5) is 0 Å². The molecule has 0 saturated heterocycles. The molecule has 0 radical (unpaired) electrons. The Bertz CT molecular complexity index is 1250. The van der Waals surface area contributed by atoms with E-state index in [1.54, 1.807) is 18.2 Å². The summed E-state index contributed by atoms with van der Waals surface area (Å²) in [6.07, 6.45) is 0.640. The van der Waals surface area contributed by atoms with Gasteiger partial charge in [0.2, 0.25) is 10.0 Å². The normalized spacial score (nSPS) is 11.4. The number of benzene rings is 2. The molecular weight excluding hydrogens is 434 g/mol. The number of ether oxygens (including phenoxy) is 2. The molecule has 0 atom stereocenters. The molecule has 0 aliphatic heterocycles. The fourth-order valence-electron chi connectivity index (χ4n) is 3.10. The van der Waals surface area contributed by atoms with Crippen LogP contribution in [0.1, 0.15) is 31.4 Å². The van der Waals surface area contributed by atoms with Crippen LogP contribution in [0.3, 0.4) is 0 Å². The summed E-state index contributed by atoms with van der Waals surface area (Å²) in [4.78, 5) is 24.0. The van der Waals surface area contributed by atoms with E-state index in [1.165, 1.54) is 18.2 Å². The highest BCUT2D eigenvalue weighted by molar-refractivity contribution is 7.89. The molecule has 32 heavy (non-hydrogen) atoms. The Morgan fingerprint density at radius 1 is 1.06 bits per heavy atom. The molecule has 0 saturated carbocycles. The summed E-state index contributed by atoms with van der Waals surface area (Å²) in [7, 11) is -3.76. The average molecular weight is 460 g/mol. The zero-order valence-corrected chi connectivity index (χ0v) is 18.7. The minimum Gasteiger partial charge on any atom is -0.494 e. The average Bonchev–Trinajstić information content (AvgIpc) is 2.77. The van der Waals surface area contributed by atoms with Gasteiger partial charge in [-0.1, -0.05) is 19.1 Å². The zero-order chi connectivity index (χ0) is 23.1. The number of carbonyl (C=O) groups is 1. The molecule has 2 aromatic carbocycles. The second kappa shape index (κ2) is 10.4. The molecule has 0 fully saturated rings. The molecule has 0 aliphatic rings. The third-order valence-corrected chi connectivity index (χ3v) is 6.23. The first-order chi connectivity index (χ1) is 15.3. The number of hydrogen-bond donors (Lipinski definition) is 1. The second-order valence-electron chi connectivity index (χ2n) is 6.99. The summed E-state index contributed by atoms with van der Waals surface area (Å²) in [6.45, 7) is 4.08. The van der Waals surface area contributed by atoms with Crippen molar-refractivity contribution in [3.8, 4) is 5.75 Å². The molecule has 1 N–H and O–H groups in total. The van der Waals surface area contributed by atoms with Crippen molar-refractivity contribution < 1.29 is 27.1 Å². The molecule has 0 aliphatic carbocycles. The van der Waals surface area contributed by atoms with Crippen LogP contribution in [0, 0.1) is 0 Å². The summed E-state index contributed by atoms with van der Waals surface area (Å²) < 4.78 is 42.8. The van der Waals surface area contributed by atoms with Gasteiger partial charge in [0.15, 0.2) is 0 Å². The van der Waals surface area contributed by atoms with E-state index >= 15 is 0 Å². The van der Waals surface area contributed by atoms with Crippen LogP contribution in [0.15, 0.2) is 62.6 Å². The fourth-order valence-corrected chi connectivity index (χ4v) is 4.13. The van der Waals surface area contributed by atoms with E-state index < -0.39 is 21.6 Å². The predicted octanol–water partition coefficient (Wildman–Crippen LogP) is 3.17. The number of fused-ring (bicyclic) bond motifs is 1. The molecule has 3 aromatic rings. The number of esters is 1. The quantitative estimate of drug-likeness (QED) is 0.366. The lowest BCUT2D eigenvalue weighted by molar-refractivity contribution is -0.144. The molecule has 0 bridgehead atoms. The standard InChI is InChI=1S/C23H25NO7S/c1-3-16-5-10-20-17(14-23(26)31-21(20)13-16)15-30-22(25)11-12-24-32(27,28)19-8-6-18(7-9-19)29-4-2/h5-10,13-14,24H,3-4,11-12,15H2,1-2H3. The van der Waals surface area contributed by atoms with E-state index in [0.29, 0.717) is 28.9 Å². The SMILES string of the molecule is CCOc1ccc(S(=O)(=O)NCCC(=O)OCc2cc(=O)oc3cc(CC)ccc23)cc1. The van der Waals surface area contributed by atoms with Crippen LogP contribution < -0.4 is 15.1 Å². The minimum atomic E-state index is -3.76. The Hall–Kier alpha value is -3.17. The molecule has 9 heteroatoms. The maximum absolute atomic E-state index is 12.3. The monoisotopic (exact) mass is 459 g/mol. The first-order valence-electron chi connectivity index (χ1n) is 10.3. The minimum absolute atomic E-state index is 0.0725. The number of sulfonamides is 1. The van der Waals surface area contributed by atoms with Crippen molar-refractivity contribution in [3.63, 3.8) is 0 Å². The lowest BCUT2D eigenvalue weighted by Gasteiger charge is -2.09. The highest BCUT2D eigenvalue weighted by Gasteiger charge is 2.15. The Balaban J connectivity index is 1.56. The highest BCUT2D eigenvalue weighted by Crippen LogP contribution is 2.20. The highest BCUT2D eigenvalue weighted by atomic mass is 32.2. The van der Waals surface area contributed by atoms with E-state index in [2.05, 4.69) is 4.72 Å². The lowest BCUT2D eigenvalue weighted by Crippen LogP contribution is -2.26. The summed E-state index contributed by atoms with van der Waals surface area (Å²) >= 11 is 0. The number of carbonyl (C=O) groups excluding carboxylic acids is 1. The molecule has 0 spiro atoms. The molecule has 8 nitrogen and oxygen atoms in total. The van der Waals surface area contributed by atoms with Gasteiger partial charge in [0, 0.05) is 23.6 Å². The van der Waals surface area contributed by atoms with E-state index in [0.717, 1.165) is 12.0 Å². The van der Waals surface area contributed by atoms with Crippen molar-refractivity contribution in [1.82, 2.24) is 4.72 Å². The molecule has 3 rings (SSSR count). The van der Waals surface area contributed by atoms with Crippen LogP contribution in [0.5, 0.6) is 5.75 Å². The lowest BCUT2D eigenvalue weighted by atomic mass is 10.1. The van der Waals surface area contributed by atoms with E-state index in [-0.39, 0.29) is 24.5 Å². The van der Waals surface area contributed by atoms with Gasteiger partial charge in [-0.25, -0.2) is 17.9 Å². The summed E-state index contributed by atoms with van der Waals surface area (Å²) in [5.41, 5.74) is 1.46. The van der Waals surface area contributed by atoms with Crippen LogP contribution in [-0.4, -0.2) is 27.5 Å². The number of rotatable bonds is 10. The largest absolute Gasteiger partial charge is 0.494 e. The van der Waals surface area contributed by atoms with Gasteiger partial charge in [0.25, 0.3) is 0 Å². The van der Waals surface area contributed by atoms with Crippen LogP contribution in [0.25, 0.3) is 11.0 Å².